The average molecular weight is 425 g/mol. The van der Waals surface area contributed by atoms with Crippen LogP contribution in [0, 0.1) is 11.3 Å². The van der Waals surface area contributed by atoms with Gasteiger partial charge in [-0.15, -0.1) is 0 Å². The summed E-state index contributed by atoms with van der Waals surface area (Å²) >= 11 is 0. The first-order chi connectivity index (χ1) is 15.7. The minimum absolute atomic E-state index is 0.0880. The molecule has 2 N–H and O–H groups in total. The Kier molecular flexibility index (Phi) is 4.26. The minimum atomic E-state index is -0.439. The van der Waals surface area contributed by atoms with Gasteiger partial charge in [0.05, 0.1) is 29.8 Å². The highest BCUT2D eigenvalue weighted by atomic mass is 16.2. The molecule has 5 heterocycles. The van der Waals surface area contributed by atoms with E-state index in [2.05, 4.69) is 49.2 Å². The van der Waals surface area contributed by atoms with Gasteiger partial charge in [0.1, 0.15) is 12.0 Å². The number of carbonyl (C=O) groups excluding carboxylic acids is 1. The summed E-state index contributed by atoms with van der Waals surface area (Å²) in [5, 5.41) is 15.0. The number of amides is 1. The molecule has 0 radical (unpaired) electrons. The highest BCUT2D eigenvalue weighted by molar-refractivity contribution is 6.02. The molecule has 2 aliphatic rings. The lowest BCUT2D eigenvalue weighted by Crippen LogP contribution is -2.66. The Hall–Kier alpha value is -3.70. The first-order valence-electron chi connectivity index (χ1n) is 11.0. The second-order valence-electron chi connectivity index (χ2n) is 8.79. The molecule has 1 amide bonds. The fourth-order valence-corrected chi connectivity index (χ4v) is 5.28. The van der Waals surface area contributed by atoms with Crippen LogP contribution in [0.1, 0.15) is 19.3 Å². The Morgan fingerprint density at radius 2 is 2.09 bits per heavy atom. The second kappa shape index (κ2) is 7.18. The van der Waals surface area contributed by atoms with Crippen LogP contribution < -0.4 is 5.32 Å². The van der Waals surface area contributed by atoms with E-state index in [0.29, 0.717) is 19.5 Å². The molecule has 32 heavy (non-hydrogen) atoms. The molecule has 0 bridgehead atoms. The average Bonchev–Trinajstić information content (AvgIpc) is 3.55. The van der Waals surface area contributed by atoms with Crippen molar-refractivity contribution in [3.63, 3.8) is 0 Å². The number of H-pyrrole nitrogens is 1. The van der Waals surface area contributed by atoms with Gasteiger partial charge in [-0.2, -0.15) is 5.26 Å². The van der Waals surface area contributed by atoms with E-state index in [1.165, 1.54) is 0 Å². The lowest BCUT2D eigenvalue weighted by Gasteiger charge is -2.51. The number of hydrogen-bond donors (Lipinski definition) is 2. The number of hydrogen-bond acceptors (Lipinski definition) is 5. The zero-order chi connectivity index (χ0) is 21.7. The molecule has 160 valence electrons. The Morgan fingerprint density at radius 1 is 1.22 bits per heavy atom. The van der Waals surface area contributed by atoms with Crippen molar-refractivity contribution in [2.75, 3.05) is 19.6 Å². The van der Waals surface area contributed by atoms with Crippen LogP contribution in [0.15, 0.2) is 49.1 Å². The van der Waals surface area contributed by atoms with Crippen LogP contribution >= 0.6 is 0 Å². The number of likely N-dealkylation sites (tertiary alicyclic amines) is 1. The third-order valence-electron chi connectivity index (χ3n) is 6.88. The Labute approximate surface area is 184 Å². The summed E-state index contributed by atoms with van der Waals surface area (Å²) < 4.78 is 2.20. The van der Waals surface area contributed by atoms with Crippen LogP contribution in [0.2, 0.25) is 0 Å². The van der Waals surface area contributed by atoms with Crippen molar-refractivity contribution in [3.05, 3.63) is 49.1 Å². The summed E-state index contributed by atoms with van der Waals surface area (Å²) in [5.41, 5.74) is 3.27. The maximum absolute atomic E-state index is 12.9. The third-order valence-corrected chi connectivity index (χ3v) is 6.88. The van der Waals surface area contributed by atoms with Crippen molar-refractivity contribution in [1.29, 1.82) is 5.26 Å². The number of nitrogens with one attached hydrogen (secondary N) is 2. The molecular formula is C24H23N7O. The fraction of sp³-hybridized carbons (Fsp3) is 0.333. The Morgan fingerprint density at radius 3 is 2.91 bits per heavy atom. The van der Waals surface area contributed by atoms with E-state index in [1.54, 1.807) is 6.33 Å². The number of para-hydroxylation sites is 1. The van der Waals surface area contributed by atoms with Crippen LogP contribution in [0.4, 0.5) is 0 Å². The molecule has 6 rings (SSSR count). The van der Waals surface area contributed by atoms with Gasteiger partial charge in [0.25, 0.3) is 0 Å². The number of nitriles is 1. The molecule has 1 atom stereocenters. The summed E-state index contributed by atoms with van der Waals surface area (Å²) in [7, 11) is 0. The molecule has 2 aliphatic heterocycles. The van der Waals surface area contributed by atoms with E-state index < -0.39 is 5.54 Å². The van der Waals surface area contributed by atoms with E-state index in [9.17, 15) is 10.1 Å². The van der Waals surface area contributed by atoms with Gasteiger partial charge in [0.2, 0.25) is 5.91 Å². The van der Waals surface area contributed by atoms with Crippen LogP contribution in [-0.4, -0.2) is 56.0 Å². The van der Waals surface area contributed by atoms with Gasteiger partial charge in [-0.05, 0) is 31.5 Å². The summed E-state index contributed by atoms with van der Waals surface area (Å²) in [6, 6.07) is 12.5. The molecule has 8 nitrogen and oxygen atoms in total. The summed E-state index contributed by atoms with van der Waals surface area (Å²) in [5.74, 6) is 0.151. The van der Waals surface area contributed by atoms with Crippen molar-refractivity contribution in [3.8, 4) is 17.3 Å². The molecule has 2 saturated heterocycles. The first-order valence-corrected chi connectivity index (χ1v) is 11.0. The maximum Gasteiger partial charge on any atom is 0.239 e. The van der Waals surface area contributed by atoms with Gasteiger partial charge in [0, 0.05) is 47.3 Å². The zero-order valence-corrected chi connectivity index (χ0v) is 17.6. The van der Waals surface area contributed by atoms with Crippen LogP contribution in [0.25, 0.3) is 33.2 Å². The van der Waals surface area contributed by atoms with Gasteiger partial charge in [-0.1, -0.05) is 18.2 Å². The molecule has 0 spiro atoms. The second-order valence-corrected chi connectivity index (χ2v) is 8.79. The number of nitrogens with zero attached hydrogens (tertiary/aromatic N) is 5. The summed E-state index contributed by atoms with van der Waals surface area (Å²) in [6.07, 6.45) is 7.81. The number of benzene rings is 1. The van der Waals surface area contributed by atoms with E-state index >= 15 is 0 Å². The molecule has 2 fully saturated rings. The number of aromatic amines is 1. The van der Waals surface area contributed by atoms with Gasteiger partial charge >= 0.3 is 0 Å². The predicted octanol–water partition coefficient (Wildman–Crippen LogP) is 2.78. The number of fused-ring (bicyclic) bond motifs is 2. The molecule has 4 aromatic rings. The van der Waals surface area contributed by atoms with E-state index in [1.807, 2.05) is 29.3 Å². The molecule has 1 aromatic carbocycles. The van der Waals surface area contributed by atoms with Crippen LogP contribution in [0.3, 0.4) is 0 Å². The number of aromatic nitrogens is 4. The van der Waals surface area contributed by atoms with E-state index in [0.717, 1.165) is 52.6 Å². The van der Waals surface area contributed by atoms with Gasteiger partial charge in [-0.25, -0.2) is 9.97 Å². The molecule has 8 heteroatoms. The number of rotatable bonds is 4. The molecule has 0 unspecified atom stereocenters. The molecule has 3 aromatic heterocycles. The predicted molar refractivity (Wildman–Crippen MR) is 121 cm³/mol. The largest absolute Gasteiger partial charge is 0.346 e. The smallest absolute Gasteiger partial charge is 0.239 e. The topological polar surface area (TPSA) is 103 Å². The maximum atomic E-state index is 12.9. The lowest BCUT2D eigenvalue weighted by atomic mass is 9.85. The van der Waals surface area contributed by atoms with Crippen molar-refractivity contribution < 1.29 is 4.79 Å². The fourth-order valence-electron chi connectivity index (χ4n) is 5.28. The summed E-state index contributed by atoms with van der Waals surface area (Å²) in [6.45, 7) is 1.98. The van der Waals surface area contributed by atoms with E-state index in [4.69, 9.17) is 0 Å². The minimum Gasteiger partial charge on any atom is -0.346 e. The van der Waals surface area contributed by atoms with Gasteiger partial charge < -0.3 is 19.8 Å². The van der Waals surface area contributed by atoms with Gasteiger partial charge in [-0.3, -0.25) is 4.79 Å². The standard InChI is InChI=1S/C24H23N7O/c25-9-8-24(13-30(14-24)23(32)19-5-3-10-26-19)31-12-18(16-4-1-2-6-20(16)31)21-17-7-11-27-22(17)29-15-28-21/h1-2,4,6-7,11-12,15,19,26H,3,5,8,10,13-14H2,(H,27,28,29)/t19-/m0/s1. The molecule has 0 aliphatic carbocycles. The third kappa shape index (κ3) is 2.75. The monoisotopic (exact) mass is 425 g/mol. The normalized spacial score (nSPS) is 19.8. The molecule has 0 saturated carbocycles. The number of carbonyl (C=O) groups is 1. The van der Waals surface area contributed by atoms with Gasteiger partial charge in [0.15, 0.2) is 0 Å². The van der Waals surface area contributed by atoms with Crippen LogP contribution in [-0.2, 0) is 10.3 Å². The zero-order valence-electron chi connectivity index (χ0n) is 17.6. The Balaban J connectivity index is 1.44. The van der Waals surface area contributed by atoms with Crippen molar-refractivity contribution >= 4 is 27.8 Å². The van der Waals surface area contributed by atoms with E-state index in [-0.39, 0.29) is 11.9 Å². The summed E-state index contributed by atoms with van der Waals surface area (Å²) in [4.78, 5) is 26.9. The van der Waals surface area contributed by atoms with Crippen molar-refractivity contribution in [2.24, 2.45) is 0 Å². The quantitative estimate of drug-likeness (QED) is 0.523. The van der Waals surface area contributed by atoms with Crippen molar-refractivity contribution in [1.82, 2.24) is 29.7 Å². The van der Waals surface area contributed by atoms with Crippen LogP contribution in [0.5, 0.6) is 0 Å². The first kappa shape index (κ1) is 19.0. The highest BCUT2D eigenvalue weighted by Gasteiger charge is 2.48. The lowest BCUT2D eigenvalue weighted by molar-refractivity contribution is -0.143. The SMILES string of the molecule is N#CCC1(n2cc(-c3ncnc4[nH]ccc34)c3ccccc32)CN(C(=O)[C@@H]2CCCN2)C1. The molecular weight excluding hydrogens is 402 g/mol. The van der Waals surface area contributed by atoms with Crippen molar-refractivity contribution in [2.45, 2.75) is 30.8 Å². The highest BCUT2D eigenvalue weighted by Crippen LogP contribution is 2.41. The Bertz CT molecular complexity index is 1370.